The van der Waals surface area contributed by atoms with Crippen LogP contribution < -0.4 is 5.32 Å². The van der Waals surface area contributed by atoms with Crippen LogP contribution in [0.1, 0.15) is 30.4 Å². The van der Waals surface area contributed by atoms with E-state index in [2.05, 4.69) is 29.6 Å². The molecule has 2 aliphatic heterocycles. The van der Waals surface area contributed by atoms with E-state index in [-0.39, 0.29) is 29.5 Å². The molecule has 2 heterocycles. The van der Waals surface area contributed by atoms with Crippen LogP contribution >= 0.6 is 11.8 Å². The summed E-state index contributed by atoms with van der Waals surface area (Å²) in [6.07, 6.45) is 7.96. The number of amides is 2. The molecule has 6 heteroatoms. The Labute approximate surface area is 163 Å². The molecule has 0 spiro atoms. The second-order valence-electron chi connectivity index (χ2n) is 7.92. The molecule has 0 radical (unpaired) electrons. The van der Waals surface area contributed by atoms with Crippen LogP contribution in [0, 0.1) is 11.8 Å². The number of nitrogens with zero attached hydrogens (tertiary/aromatic N) is 2. The third-order valence-corrected chi connectivity index (χ3v) is 7.24. The van der Waals surface area contributed by atoms with Crippen molar-refractivity contribution in [2.24, 2.45) is 16.8 Å². The number of hydrogen-bond donors (Lipinski definition) is 1. The number of carbonyl (C=O) groups is 2. The van der Waals surface area contributed by atoms with E-state index < -0.39 is 0 Å². The van der Waals surface area contributed by atoms with Crippen molar-refractivity contribution in [2.75, 3.05) is 6.54 Å². The molecule has 5 rings (SSSR count). The van der Waals surface area contributed by atoms with Gasteiger partial charge < -0.3 is 10.2 Å². The predicted octanol–water partition coefficient (Wildman–Crippen LogP) is 2.51. The summed E-state index contributed by atoms with van der Waals surface area (Å²) in [7, 11) is 0. The number of aliphatic imine (C=N–C) groups is 1. The van der Waals surface area contributed by atoms with Crippen LogP contribution in [0.15, 0.2) is 41.4 Å². The van der Waals surface area contributed by atoms with E-state index >= 15 is 0 Å². The number of nitrogens with one attached hydrogen (secondary N) is 1. The molecule has 4 atom stereocenters. The Bertz CT molecular complexity index is 850. The zero-order chi connectivity index (χ0) is 18.4. The van der Waals surface area contributed by atoms with Gasteiger partial charge in [-0.25, -0.2) is 0 Å². The number of fused-ring (bicyclic) bond motifs is 3. The first-order valence-corrected chi connectivity index (χ1v) is 10.6. The Morgan fingerprint density at radius 2 is 2.07 bits per heavy atom. The van der Waals surface area contributed by atoms with Gasteiger partial charge >= 0.3 is 0 Å². The SMILES string of the molecule is O=C1NC(=NC2CC3C=CC2C3)SC1CC(=O)N1CCc2ccccc2C1. The summed E-state index contributed by atoms with van der Waals surface area (Å²) in [5.41, 5.74) is 2.54. The Kier molecular flexibility index (Phi) is 4.31. The fourth-order valence-corrected chi connectivity index (χ4v) is 5.66. The lowest BCUT2D eigenvalue weighted by Gasteiger charge is -2.29. The van der Waals surface area contributed by atoms with Crippen molar-refractivity contribution < 1.29 is 9.59 Å². The summed E-state index contributed by atoms with van der Waals surface area (Å²) in [4.78, 5) is 31.7. The van der Waals surface area contributed by atoms with Crippen molar-refractivity contribution in [1.82, 2.24) is 10.2 Å². The van der Waals surface area contributed by atoms with Gasteiger partial charge in [0.1, 0.15) is 5.25 Å². The molecule has 27 heavy (non-hydrogen) atoms. The van der Waals surface area contributed by atoms with Gasteiger partial charge in [0.2, 0.25) is 11.8 Å². The first kappa shape index (κ1) is 17.0. The first-order chi connectivity index (χ1) is 13.2. The zero-order valence-corrected chi connectivity index (χ0v) is 16.0. The van der Waals surface area contributed by atoms with Gasteiger partial charge in [-0.05, 0) is 42.2 Å². The Hall–Kier alpha value is -2.08. The molecular weight excluding hydrogens is 358 g/mol. The largest absolute Gasteiger partial charge is 0.338 e. The van der Waals surface area contributed by atoms with Gasteiger partial charge in [-0.1, -0.05) is 48.2 Å². The molecule has 140 valence electrons. The van der Waals surface area contributed by atoms with Gasteiger partial charge in [0.25, 0.3) is 0 Å². The monoisotopic (exact) mass is 381 g/mol. The maximum atomic E-state index is 12.7. The minimum atomic E-state index is -0.359. The average Bonchev–Trinajstić information content (AvgIpc) is 3.38. The van der Waals surface area contributed by atoms with E-state index in [0.717, 1.165) is 19.4 Å². The van der Waals surface area contributed by atoms with Crippen LogP contribution in [0.2, 0.25) is 0 Å². The Balaban J connectivity index is 1.21. The topological polar surface area (TPSA) is 61.8 Å². The van der Waals surface area contributed by atoms with E-state index in [1.54, 1.807) is 0 Å². The highest BCUT2D eigenvalue weighted by Crippen LogP contribution is 2.41. The molecule has 2 bridgehead atoms. The lowest BCUT2D eigenvalue weighted by atomic mass is 9.99. The molecule has 2 aliphatic carbocycles. The fourth-order valence-electron chi connectivity index (χ4n) is 4.65. The second kappa shape index (κ2) is 6.82. The first-order valence-electron chi connectivity index (χ1n) is 9.74. The maximum Gasteiger partial charge on any atom is 0.240 e. The molecule has 0 aromatic heterocycles. The average molecular weight is 382 g/mol. The molecule has 4 unspecified atom stereocenters. The lowest BCUT2D eigenvalue weighted by molar-refractivity contribution is -0.133. The summed E-state index contributed by atoms with van der Waals surface area (Å²) < 4.78 is 0. The van der Waals surface area contributed by atoms with Crippen LogP contribution in [0.5, 0.6) is 0 Å². The van der Waals surface area contributed by atoms with Gasteiger partial charge in [-0.3, -0.25) is 14.6 Å². The summed E-state index contributed by atoms with van der Waals surface area (Å²) in [6, 6.07) is 8.56. The molecule has 1 saturated carbocycles. The number of carbonyl (C=O) groups excluding carboxylic acids is 2. The summed E-state index contributed by atoms with van der Waals surface area (Å²) in [6.45, 7) is 1.37. The molecule has 4 aliphatic rings. The van der Waals surface area contributed by atoms with Gasteiger partial charge in [-0.15, -0.1) is 0 Å². The number of hydrogen-bond acceptors (Lipinski definition) is 4. The number of amidine groups is 1. The van der Waals surface area contributed by atoms with Crippen LogP contribution in [-0.4, -0.2) is 39.7 Å². The molecule has 2 fully saturated rings. The van der Waals surface area contributed by atoms with Crippen molar-refractivity contribution in [2.45, 2.75) is 43.5 Å². The highest BCUT2D eigenvalue weighted by Gasteiger charge is 2.38. The van der Waals surface area contributed by atoms with Gasteiger partial charge in [0.15, 0.2) is 5.17 Å². The molecule has 1 aromatic carbocycles. The van der Waals surface area contributed by atoms with Crippen molar-refractivity contribution in [3.63, 3.8) is 0 Å². The Morgan fingerprint density at radius 1 is 1.22 bits per heavy atom. The summed E-state index contributed by atoms with van der Waals surface area (Å²) in [5, 5.41) is 3.24. The molecule has 1 saturated heterocycles. The van der Waals surface area contributed by atoms with Crippen LogP contribution in [-0.2, 0) is 22.6 Å². The lowest BCUT2D eigenvalue weighted by Crippen LogP contribution is -2.38. The smallest absolute Gasteiger partial charge is 0.240 e. The zero-order valence-electron chi connectivity index (χ0n) is 15.1. The summed E-state index contributed by atoms with van der Waals surface area (Å²) >= 11 is 1.43. The van der Waals surface area contributed by atoms with E-state index in [9.17, 15) is 9.59 Å². The van der Waals surface area contributed by atoms with Crippen LogP contribution in [0.25, 0.3) is 0 Å². The molecule has 2 amide bonds. The highest BCUT2D eigenvalue weighted by atomic mass is 32.2. The molecule has 1 N–H and O–H groups in total. The third kappa shape index (κ3) is 3.31. The Morgan fingerprint density at radius 3 is 2.85 bits per heavy atom. The van der Waals surface area contributed by atoms with E-state index in [0.29, 0.717) is 23.5 Å². The van der Waals surface area contributed by atoms with Crippen LogP contribution in [0.4, 0.5) is 0 Å². The van der Waals surface area contributed by atoms with Crippen molar-refractivity contribution in [3.8, 4) is 0 Å². The van der Waals surface area contributed by atoms with Gasteiger partial charge in [0.05, 0.1) is 6.04 Å². The van der Waals surface area contributed by atoms with E-state index in [4.69, 9.17) is 4.99 Å². The molecule has 5 nitrogen and oxygen atoms in total. The molecular formula is C21H23N3O2S. The van der Waals surface area contributed by atoms with Crippen molar-refractivity contribution in [1.29, 1.82) is 0 Å². The number of rotatable bonds is 3. The van der Waals surface area contributed by atoms with Crippen molar-refractivity contribution >= 4 is 28.7 Å². The minimum absolute atomic E-state index is 0.0567. The van der Waals surface area contributed by atoms with E-state index in [1.165, 1.54) is 29.3 Å². The number of thioether (sulfide) groups is 1. The van der Waals surface area contributed by atoms with Gasteiger partial charge in [0, 0.05) is 19.5 Å². The quantitative estimate of drug-likeness (QED) is 0.819. The van der Waals surface area contributed by atoms with Crippen LogP contribution in [0.3, 0.4) is 0 Å². The van der Waals surface area contributed by atoms with Gasteiger partial charge in [-0.2, -0.15) is 0 Å². The highest BCUT2D eigenvalue weighted by molar-refractivity contribution is 8.15. The third-order valence-electron chi connectivity index (χ3n) is 6.15. The summed E-state index contributed by atoms with van der Waals surface area (Å²) in [5.74, 6) is 1.16. The minimum Gasteiger partial charge on any atom is -0.338 e. The normalized spacial score (nSPS) is 32.8. The van der Waals surface area contributed by atoms with E-state index in [1.807, 2.05) is 17.0 Å². The standard InChI is InChI=1S/C21H23N3O2S/c25-19(24-8-7-14-3-1-2-4-16(14)12-24)11-18-20(26)23-21(27-18)22-17-10-13-5-6-15(17)9-13/h1-6,13,15,17-18H,7-12H2,(H,22,23,26). The molecule has 1 aromatic rings. The van der Waals surface area contributed by atoms with Crippen molar-refractivity contribution in [3.05, 3.63) is 47.5 Å². The fraction of sp³-hybridized carbons (Fsp3) is 0.476. The number of benzene rings is 1. The number of allylic oxidation sites excluding steroid dienone is 1. The predicted molar refractivity (Wildman–Crippen MR) is 106 cm³/mol. The maximum absolute atomic E-state index is 12.7. The second-order valence-corrected chi connectivity index (χ2v) is 9.11.